The summed E-state index contributed by atoms with van der Waals surface area (Å²) in [4.78, 5) is 2.44. The lowest BCUT2D eigenvalue weighted by Crippen LogP contribution is -2.35. The van der Waals surface area contributed by atoms with Crippen molar-refractivity contribution in [1.82, 2.24) is 5.32 Å². The minimum Gasteiger partial charge on any atom is -0.370 e. The molecule has 1 aromatic rings. The SMILES string of the molecule is CC1CCN(c2c(Cl)cccc2CNC(C)(C)C)C1. The van der Waals surface area contributed by atoms with E-state index in [1.54, 1.807) is 0 Å². The van der Waals surface area contributed by atoms with Crippen LogP contribution in [-0.4, -0.2) is 18.6 Å². The maximum atomic E-state index is 6.44. The van der Waals surface area contributed by atoms with E-state index in [1.165, 1.54) is 17.7 Å². The Kier molecular flexibility index (Phi) is 4.42. The van der Waals surface area contributed by atoms with Gasteiger partial charge in [-0.1, -0.05) is 30.7 Å². The second-order valence-corrected chi connectivity index (χ2v) is 7.10. The van der Waals surface area contributed by atoms with Gasteiger partial charge in [-0.3, -0.25) is 0 Å². The van der Waals surface area contributed by atoms with Crippen molar-refractivity contribution in [3.05, 3.63) is 28.8 Å². The van der Waals surface area contributed by atoms with Crippen molar-refractivity contribution >= 4 is 17.3 Å². The van der Waals surface area contributed by atoms with Crippen LogP contribution in [0.3, 0.4) is 0 Å². The molecule has 0 aromatic heterocycles. The minimum absolute atomic E-state index is 0.123. The van der Waals surface area contributed by atoms with Crippen molar-refractivity contribution in [3.8, 4) is 0 Å². The van der Waals surface area contributed by atoms with Gasteiger partial charge in [0.1, 0.15) is 0 Å². The molecule has 1 aliphatic heterocycles. The maximum Gasteiger partial charge on any atom is 0.0642 e. The average molecular weight is 281 g/mol. The lowest BCUT2D eigenvalue weighted by Gasteiger charge is -2.26. The molecule has 2 nitrogen and oxygen atoms in total. The zero-order valence-corrected chi connectivity index (χ0v) is 13.2. The van der Waals surface area contributed by atoms with Crippen LogP contribution in [0.1, 0.15) is 39.7 Å². The fourth-order valence-electron chi connectivity index (χ4n) is 2.56. The maximum absolute atomic E-state index is 6.44. The lowest BCUT2D eigenvalue weighted by atomic mass is 10.1. The fraction of sp³-hybridized carbons (Fsp3) is 0.625. The number of para-hydroxylation sites is 1. The molecule has 1 aromatic carbocycles. The Morgan fingerprint density at radius 3 is 2.68 bits per heavy atom. The molecule has 1 aliphatic rings. The van der Waals surface area contributed by atoms with Gasteiger partial charge < -0.3 is 10.2 Å². The summed E-state index contributed by atoms with van der Waals surface area (Å²) in [5.41, 5.74) is 2.65. The summed E-state index contributed by atoms with van der Waals surface area (Å²) < 4.78 is 0. The third kappa shape index (κ3) is 3.87. The van der Waals surface area contributed by atoms with Crippen LogP contribution in [0, 0.1) is 5.92 Å². The third-order valence-electron chi connectivity index (χ3n) is 3.62. The summed E-state index contributed by atoms with van der Waals surface area (Å²) in [6.45, 7) is 12.0. The van der Waals surface area contributed by atoms with E-state index in [4.69, 9.17) is 11.6 Å². The number of nitrogens with zero attached hydrogens (tertiary/aromatic N) is 1. The van der Waals surface area contributed by atoms with E-state index in [2.05, 4.69) is 44.0 Å². The van der Waals surface area contributed by atoms with Crippen molar-refractivity contribution in [3.63, 3.8) is 0 Å². The first-order valence-corrected chi connectivity index (χ1v) is 7.52. The largest absolute Gasteiger partial charge is 0.370 e. The molecule has 1 N–H and O–H groups in total. The molecule has 106 valence electrons. The highest BCUT2D eigenvalue weighted by molar-refractivity contribution is 6.33. The van der Waals surface area contributed by atoms with Crippen LogP contribution in [0.5, 0.6) is 0 Å². The van der Waals surface area contributed by atoms with E-state index in [0.717, 1.165) is 30.6 Å². The van der Waals surface area contributed by atoms with Crippen LogP contribution in [0.15, 0.2) is 18.2 Å². The molecule has 0 bridgehead atoms. The highest BCUT2D eigenvalue weighted by Crippen LogP contribution is 2.33. The van der Waals surface area contributed by atoms with Crippen LogP contribution in [0.25, 0.3) is 0 Å². The van der Waals surface area contributed by atoms with Crippen LogP contribution >= 0.6 is 11.6 Å². The van der Waals surface area contributed by atoms with Crippen molar-refractivity contribution < 1.29 is 0 Å². The second-order valence-electron chi connectivity index (χ2n) is 6.69. The van der Waals surface area contributed by atoms with Gasteiger partial charge >= 0.3 is 0 Å². The van der Waals surface area contributed by atoms with Crippen molar-refractivity contribution in [2.75, 3.05) is 18.0 Å². The number of halogens is 1. The second kappa shape index (κ2) is 5.72. The number of hydrogen-bond acceptors (Lipinski definition) is 2. The smallest absolute Gasteiger partial charge is 0.0642 e. The molecule has 1 fully saturated rings. The van der Waals surface area contributed by atoms with Gasteiger partial charge in [-0.2, -0.15) is 0 Å². The molecule has 1 saturated heterocycles. The molecule has 0 spiro atoms. The van der Waals surface area contributed by atoms with Gasteiger partial charge in [-0.15, -0.1) is 0 Å². The zero-order chi connectivity index (χ0) is 14.0. The summed E-state index contributed by atoms with van der Waals surface area (Å²) in [5.74, 6) is 0.764. The van der Waals surface area contributed by atoms with Crippen LogP contribution < -0.4 is 10.2 Å². The number of benzene rings is 1. The van der Waals surface area contributed by atoms with Crippen molar-refractivity contribution in [2.45, 2.75) is 46.2 Å². The lowest BCUT2D eigenvalue weighted by molar-refractivity contribution is 0.424. The number of anilines is 1. The Morgan fingerprint density at radius 1 is 1.37 bits per heavy atom. The molecular weight excluding hydrogens is 256 g/mol. The van der Waals surface area contributed by atoms with E-state index < -0.39 is 0 Å². The fourth-order valence-corrected chi connectivity index (χ4v) is 2.87. The molecule has 1 unspecified atom stereocenters. The number of hydrogen-bond donors (Lipinski definition) is 1. The van der Waals surface area contributed by atoms with Crippen LogP contribution in [0.2, 0.25) is 5.02 Å². The monoisotopic (exact) mass is 280 g/mol. The summed E-state index contributed by atoms with van der Waals surface area (Å²) >= 11 is 6.44. The first kappa shape index (κ1) is 14.7. The highest BCUT2D eigenvalue weighted by atomic mass is 35.5. The molecule has 1 atom stereocenters. The topological polar surface area (TPSA) is 15.3 Å². The molecule has 0 radical (unpaired) electrons. The van der Waals surface area contributed by atoms with E-state index in [0.29, 0.717) is 0 Å². The Balaban J connectivity index is 2.21. The predicted octanol–water partition coefficient (Wildman–Crippen LogP) is 4.07. The Hall–Kier alpha value is -0.730. The summed E-state index contributed by atoms with van der Waals surface area (Å²) in [6.07, 6.45) is 1.26. The van der Waals surface area contributed by atoms with E-state index in [-0.39, 0.29) is 5.54 Å². The van der Waals surface area contributed by atoms with Gasteiger partial charge in [0, 0.05) is 25.2 Å². The highest BCUT2D eigenvalue weighted by Gasteiger charge is 2.23. The quantitative estimate of drug-likeness (QED) is 0.898. The zero-order valence-electron chi connectivity index (χ0n) is 12.5. The minimum atomic E-state index is 0.123. The Bertz CT molecular complexity index is 437. The molecule has 0 aliphatic carbocycles. The first-order chi connectivity index (χ1) is 8.87. The summed E-state index contributed by atoms with van der Waals surface area (Å²) in [5, 5.41) is 4.43. The van der Waals surface area contributed by atoms with Gasteiger partial charge in [-0.05, 0) is 44.7 Å². The van der Waals surface area contributed by atoms with Gasteiger partial charge in [0.25, 0.3) is 0 Å². The molecule has 19 heavy (non-hydrogen) atoms. The predicted molar refractivity (Wildman–Crippen MR) is 84.0 cm³/mol. The van der Waals surface area contributed by atoms with Crippen molar-refractivity contribution in [1.29, 1.82) is 0 Å². The van der Waals surface area contributed by atoms with Crippen molar-refractivity contribution in [2.24, 2.45) is 5.92 Å². The number of nitrogens with one attached hydrogen (secondary N) is 1. The van der Waals surface area contributed by atoms with Crippen LogP contribution in [-0.2, 0) is 6.54 Å². The van der Waals surface area contributed by atoms with Gasteiger partial charge in [0.15, 0.2) is 0 Å². The normalized spacial score (nSPS) is 20.1. The molecule has 0 saturated carbocycles. The molecule has 2 rings (SSSR count). The van der Waals surface area contributed by atoms with E-state index in [9.17, 15) is 0 Å². The molecular formula is C16H25ClN2. The van der Waals surface area contributed by atoms with Gasteiger partial charge in [-0.25, -0.2) is 0 Å². The number of rotatable bonds is 3. The van der Waals surface area contributed by atoms with E-state index >= 15 is 0 Å². The molecule has 3 heteroatoms. The standard InChI is InChI=1S/C16H25ClN2/c1-12-8-9-19(11-12)15-13(6-5-7-14(15)17)10-18-16(2,3)4/h5-7,12,18H,8-11H2,1-4H3. The summed E-state index contributed by atoms with van der Waals surface area (Å²) in [6, 6.07) is 6.23. The Morgan fingerprint density at radius 2 is 2.11 bits per heavy atom. The van der Waals surface area contributed by atoms with Gasteiger partial charge in [0.2, 0.25) is 0 Å². The molecule has 1 heterocycles. The third-order valence-corrected chi connectivity index (χ3v) is 3.92. The molecule has 0 amide bonds. The first-order valence-electron chi connectivity index (χ1n) is 7.14. The van der Waals surface area contributed by atoms with Crippen LogP contribution in [0.4, 0.5) is 5.69 Å². The summed E-state index contributed by atoms with van der Waals surface area (Å²) in [7, 11) is 0. The van der Waals surface area contributed by atoms with E-state index in [1.807, 2.05) is 12.1 Å². The van der Waals surface area contributed by atoms with Gasteiger partial charge in [0.05, 0.1) is 10.7 Å². The Labute approximate surface area is 122 Å². The average Bonchev–Trinajstić information content (AvgIpc) is 2.72.